The van der Waals surface area contributed by atoms with Gasteiger partial charge in [-0.2, -0.15) is 0 Å². The van der Waals surface area contributed by atoms with Gasteiger partial charge in [0.05, 0.1) is 6.61 Å². The van der Waals surface area contributed by atoms with Crippen molar-refractivity contribution in [3.63, 3.8) is 0 Å². The molecule has 2 aromatic carbocycles. The zero-order valence-electron chi connectivity index (χ0n) is 14.3. The molecule has 2 aromatic rings. The van der Waals surface area contributed by atoms with E-state index < -0.39 is 0 Å². The maximum Gasteiger partial charge on any atom is 0.251 e. The van der Waals surface area contributed by atoms with E-state index in [9.17, 15) is 4.79 Å². The van der Waals surface area contributed by atoms with E-state index in [0.29, 0.717) is 18.7 Å². The van der Waals surface area contributed by atoms with Gasteiger partial charge in [0.25, 0.3) is 5.91 Å². The Labute approximate surface area is 143 Å². The molecule has 0 atom stereocenters. The van der Waals surface area contributed by atoms with E-state index in [2.05, 4.69) is 36.3 Å². The van der Waals surface area contributed by atoms with Gasteiger partial charge in [-0.1, -0.05) is 31.2 Å². The first-order valence-electron chi connectivity index (χ1n) is 8.46. The summed E-state index contributed by atoms with van der Waals surface area (Å²) in [6.07, 6.45) is 0.878. The maximum absolute atomic E-state index is 12.4. The van der Waals surface area contributed by atoms with Crippen LogP contribution in [-0.2, 0) is 19.5 Å². The van der Waals surface area contributed by atoms with Crippen molar-refractivity contribution in [2.75, 3.05) is 20.2 Å². The van der Waals surface area contributed by atoms with Gasteiger partial charge in [-0.25, -0.2) is 0 Å². The van der Waals surface area contributed by atoms with E-state index in [-0.39, 0.29) is 5.91 Å². The van der Waals surface area contributed by atoms with E-state index in [1.54, 1.807) is 0 Å². The number of amides is 1. The van der Waals surface area contributed by atoms with Crippen LogP contribution in [0.15, 0.2) is 42.5 Å². The Morgan fingerprint density at radius 1 is 1.21 bits per heavy atom. The Hall–Kier alpha value is -2.33. The van der Waals surface area contributed by atoms with Crippen LogP contribution in [-0.4, -0.2) is 31.0 Å². The summed E-state index contributed by atoms with van der Waals surface area (Å²) >= 11 is 0. The zero-order chi connectivity index (χ0) is 16.9. The molecule has 24 heavy (non-hydrogen) atoms. The Bertz CT molecular complexity index is 727. The van der Waals surface area contributed by atoms with Crippen LogP contribution in [0.3, 0.4) is 0 Å². The summed E-state index contributed by atoms with van der Waals surface area (Å²) in [5, 5.41) is 3.01. The fourth-order valence-corrected chi connectivity index (χ4v) is 2.87. The standard InChI is InChI=1S/C20H24N2O2/c1-3-22(2)14-16-6-4-5-15(11-16)13-21-20(23)18-7-8-19-17(12-18)9-10-24-19/h4-8,11-12H,3,9-10,13-14H2,1-2H3,(H,21,23). The Morgan fingerprint density at radius 2 is 2.04 bits per heavy atom. The summed E-state index contributed by atoms with van der Waals surface area (Å²) in [4.78, 5) is 14.6. The van der Waals surface area contributed by atoms with Crippen LogP contribution in [0.2, 0.25) is 0 Å². The molecule has 4 heteroatoms. The Morgan fingerprint density at radius 3 is 2.88 bits per heavy atom. The van der Waals surface area contributed by atoms with Gasteiger partial charge < -0.3 is 15.0 Å². The van der Waals surface area contributed by atoms with Gasteiger partial charge in [0, 0.05) is 25.1 Å². The molecule has 0 saturated heterocycles. The number of nitrogens with one attached hydrogen (secondary N) is 1. The van der Waals surface area contributed by atoms with Gasteiger partial charge in [-0.15, -0.1) is 0 Å². The summed E-state index contributed by atoms with van der Waals surface area (Å²) in [6.45, 7) is 5.33. The van der Waals surface area contributed by atoms with Gasteiger partial charge >= 0.3 is 0 Å². The summed E-state index contributed by atoms with van der Waals surface area (Å²) in [7, 11) is 2.10. The van der Waals surface area contributed by atoms with E-state index in [0.717, 1.165) is 36.4 Å². The second-order valence-electron chi connectivity index (χ2n) is 6.25. The van der Waals surface area contributed by atoms with Crippen LogP contribution in [0.25, 0.3) is 0 Å². The van der Waals surface area contributed by atoms with Crippen LogP contribution >= 0.6 is 0 Å². The van der Waals surface area contributed by atoms with Crippen molar-refractivity contribution < 1.29 is 9.53 Å². The van der Waals surface area contributed by atoms with Gasteiger partial charge in [0.2, 0.25) is 0 Å². The lowest BCUT2D eigenvalue weighted by Gasteiger charge is -2.14. The second kappa shape index (κ2) is 7.49. The monoisotopic (exact) mass is 324 g/mol. The number of benzene rings is 2. The molecule has 1 amide bonds. The van der Waals surface area contributed by atoms with Gasteiger partial charge in [-0.05, 0) is 48.5 Å². The highest BCUT2D eigenvalue weighted by Crippen LogP contribution is 2.25. The van der Waals surface area contributed by atoms with Gasteiger partial charge in [0.1, 0.15) is 5.75 Å². The molecule has 0 radical (unpaired) electrons. The third-order valence-corrected chi connectivity index (χ3v) is 4.39. The number of fused-ring (bicyclic) bond motifs is 1. The molecule has 1 aliphatic heterocycles. The first-order valence-corrected chi connectivity index (χ1v) is 8.46. The third-order valence-electron chi connectivity index (χ3n) is 4.39. The summed E-state index contributed by atoms with van der Waals surface area (Å²) in [5.41, 5.74) is 4.20. The van der Waals surface area contributed by atoms with Crippen LogP contribution in [0.4, 0.5) is 0 Å². The molecule has 0 spiro atoms. The predicted octanol–water partition coefficient (Wildman–Crippen LogP) is 3.00. The minimum Gasteiger partial charge on any atom is -0.493 e. The minimum absolute atomic E-state index is 0.0409. The van der Waals surface area contributed by atoms with E-state index in [1.165, 1.54) is 5.56 Å². The molecule has 0 aromatic heterocycles. The fraction of sp³-hybridized carbons (Fsp3) is 0.350. The number of carbonyl (C=O) groups is 1. The summed E-state index contributed by atoms with van der Waals surface area (Å²) < 4.78 is 5.48. The van der Waals surface area contributed by atoms with Crippen LogP contribution < -0.4 is 10.1 Å². The molecule has 0 bridgehead atoms. The van der Waals surface area contributed by atoms with Crippen LogP contribution in [0.1, 0.15) is 34.0 Å². The Balaban J connectivity index is 1.61. The first kappa shape index (κ1) is 16.5. The molecule has 4 nitrogen and oxygen atoms in total. The smallest absolute Gasteiger partial charge is 0.251 e. The fourth-order valence-electron chi connectivity index (χ4n) is 2.87. The van der Waals surface area contributed by atoms with Crippen molar-refractivity contribution in [2.45, 2.75) is 26.4 Å². The molecule has 0 unspecified atom stereocenters. The lowest BCUT2D eigenvalue weighted by molar-refractivity contribution is 0.0951. The van der Waals surface area contributed by atoms with E-state index in [1.807, 2.05) is 30.3 Å². The Kier molecular flexibility index (Phi) is 5.16. The molecule has 1 N–H and O–H groups in total. The number of ether oxygens (including phenoxy) is 1. The highest BCUT2D eigenvalue weighted by molar-refractivity contribution is 5.94. The van der Waals surface area contributed by atoms with Crippen molar-refractivity contribution in [3.8, 4) is 5.75 Å². The molecule has 1 aliphatic rings. The zero-order valence-corrected chi connectivity index (χ0v) is 14.3. The quantitative estimate of drug-likeness (QED) is 0.888. The number of hydrogen-bond donors (Lipinski definition) is 1. The second-order valence-corrected chi connectivity index (χ2v) is 6.25. The normalized spacial score (nSPS) is 12.8. The molecule has 1 heterocycles. The average Bonchev–Trinajstić information content (AvgIpc) is 3.07. The van der Waals surface area contributed by atoms with Crippen molar-refractivity contribution in [2.24, 2.45) is 0 Å². The first-order chi connectivity index (χ1) is 11.7. The van der Waals surface area contributed by atoms with Crippen molar-refractivity contribution in [3.05, 3.63) is 64.7 Å². The average molecular weight is 324 g/mol. The molecule has 126 valence electrons. The SMILES string of the molecule is CCN(C)Cc1cccc(CNC(=O)c2ccc3c(c2)CCO3)c1. The number of rotatable bonds is 6. The van der Waals surface area contributed by atoms with Gasteiger partial charge in [0.15, 0.2) is 0 Å². The molecule has 0 fully saturated rings. The summed E-state index contributed by atoms with van der Waals surface area (Å²) in [6, 6.07) is 14.0. The van der Waals surface area contributed by atoms with Crippen LogP contribution in [0.5, 0.6) is 5.75 Å². The van der Waals surface area contributed by atoms with E-state index in [4.69, 9.17) is 4.74 Å². The molecule has 3 rings (SSSR count). The summed E-state index contributed by atoms with van der Waals surface area (Å²) in [5.74, 6) is 0.861. The van der Waals surface area contributed by atoms with Crippen LogP contribution in [0, 0.1) is 0 Å². The van der Waals surface area contributed by atoms with Gasteiger partial charge in [-0.3, -0.25) is 4.79 Å². The lowest BCUT2D eigenvalue weighted by Crippen LogP contribution is -2.23. The molecular formula is C20H24N2O2. The highest BCUT2D eigenvalue weighted by Gasteiger charge is 2.14. The highest BCUT2D eigenvalue weighted by atomic mass is 16.5. The number of hydrogen-bond acceptors (Lipinski definition) is 3. The maximum atomic E-state index is 12.4. The molecular weight excluding hydrogens is 300 g/mol. The van der Waals surface area contributed by atoms with E-state index >= 15 is 0 Å². The number of carbonyl (C=O) groups excluding carboxylic acids is 1. The third kappa shape index (κ3) is 3.95. The minimum atomic E-state index is -0.0409. The molecule has 0 aliphatic carbocycles. The molecule has 0 saturated carbocycles. The number of nitrogens with zero attached hydrogens (tertiary/aromatic N) is 1. The lowest BCUT2D eigenvalue weighted by atomic mass is 10.1. The van der Waals surface area contributed by atoms with Crippen molar-refractivity contribution >= 4 is 5.91 Å². The van der Waals surface area contributed by atoms with Crippen molar-refractivity contribution in [1.29, 1.82) is 0 Å². The predicted molar refractivity (Wildman–Crippen MR) is 95.3 cm³/mol. The largest absolute Gasteiger partial charge is 0.493 e. The van der Waals surface area contributed by atoms with Crippen molar-refractivity contribution in [1.82, 2.24) is 10.2 Å². The topological polar surface area (TPSA) is 41.6 Å².